The van der Waals surface area contributed by atoms with Gasteiger partial charge in [-0.3, -0.25) is 4.98 Å². The maximum atomic E-state index is 5.23. The number of nitrogens with zero attached hydrogens (tertiary/aromatic N) is 3. The van der Waals surface area contributed by atoms with Gasteiger partial charge in [0.25, 0.3) is 0 Å². The summed E-state index contributed by atoms with van der Waals surface area (Å²) in [5.74, 6) is 1.50. The molecule has 0 atom stereocenters. The van der Waals surface area contributed by atoms with Crippen LogP contribution in [0.3, 0.4) is 0 Å². The molecule has 0 amide bonds. The fourth-order valence-electron chi connectivity index (χ4n) is 2.28. The molecule has 0 aliphatic carbocycles. The molecule has 2 heterocycles. The van der Waals surface area contributed by atoms with Crippen molar-refractivity contribution < 1.29 is 4.74 Å². The van der Waals surface area contributed by atoms with Gasteiger partial charge in [-0.2, -0.15) is 0 Å². The normalized spacial score (nSPS) is 10.6. The van der Waals surface area contributed by atoms with Gasteiger partial charge < -0.3 is 10.1 Å². The molecule has 1 N–H and O–H groups in total. The minimum atomic E-state index is 0.703. The maximum absolute atomic E-state index is 5.23. The van der Waals surface area contributed by atoms with E-state index in [0.717, 1.165) is 34.4 Å². The van der Waals surface area contributed by atoms with Crippen LogP contribution in [0.1, 0.15) is 6.92 Å². The van der Waals surface area contributed by atoms with E-state index in [2.05, 4.69) is 20.5 Å². The molecule has 3 aromatic rings. The molecule has 5 heteroatoms. The smallest absolute Gasteiger partial charge is 0.156 e. The predicted molar refractivity (Wildman–Crippen MR) is 83.5 cm³/mol. The maximum Gasteiger partial charge on any atom is 0.156 e. The molecule has 2 aromatic heterocycles. The summed E-state index contributed by atoms with van der Waals surface area (Å²) in [6.07, 6.45) is 3.44. The van der Waals surface area contributed by atoms with Crippen LogP contribution >= 0.6 is 0 Å². The molecule has 3 rings (SSSR count). The van der Waals surface area contributed by atoms with Gasteiger partial charge in [0, 0.05) is 29.1 Å². The molecular formula is C16H16N4O. The summed E-state index contributed by atoms with van der Waals surface area (Å²) < 4.78 is 5.23. The Bertz CT molecular complexity index is 773. The van der Waals surface area contributed by atoms with E-state index in [1.807, 2.05) is 37.3 Å². The highest BCUT2D eigenvalue weighted by Gasteiger charge is 2.11. The number of benzene rings is 1. The summed E-state index contributed by atoms with van der Waals surface area (Å²) in [7, 11) is 1.62. The number of aromatic nitrogens is 3. The van der Waals surface area contributed by atoms with Crippen molar-refractivity contribution in [2.45, 2.75) is 6.92 Å². The van der Waals surface area contributed by atoms with Crippen LogP contribution in [0.25, 0.3) is 22.0 Å². The Morgan fingerprint density at radius 3 is 2.67 bits per heavy atom. The quantitative estimate of drug-likeness (QED) is 0.795. The first-order valence-electron chi connectivity index (χ1n) is 6.82. The second kappa shape index (κ2) is 5.75. The van der Waals surface area contributed by atoms with E-state index in [4.69, 9.17) is 4.74 Å². The van der Waals surface area contributed by atoms with Crippen LogP contribution in [0.2, 0.25) is 0 Å². The average molecular weight is 280 g/mol. The second-order valence-corrected chi connectivity index (χ2v) is 4.59. The van der Waals surface area contributed by atoms with Gasteiger partial charge in [-0.1, -0.05) is 24.3 Å². The summed E-state index contributed by atoms with van der Waals surface area (Å²) in [4.78, 5) is 4.19. The van der Waals surface area contributed by atoms with Gasteiger partial charge in [-0.25, -0.2) is 0 Å². The zero-order chi connectivity index (χ0) is 14.7. The molecular weight excluding hydrogens is 264 g/mol. The summed E-state index contributed by atoms with van der Waals surface area (Å²) in [6, 6.07) is 9.99. The predicted octanol–water partition coefficient (Wildman–Crippen LogP) is 3.13. The molecule has 5 nitrogen and oxygen atoms in total. The molecule has 106 valence electrons. The first kappa shape index (κ1) is 13.3. The number of hydrogen-bond acceptors (Lipinski definition) is 5. The second-order valence-electron chi connectivity index (χ2n) is 4.59. The molecule has 0 saturated heterocycles. The molecule has 0 fully saturated rings. The number of ether oxygens (including phenoxy) is 1. The minimum absolute atomic E-state index is 0.703. The number of fused-ring (bicyclic) bond motifs is 1. The highest BCUT2D eigenvalue weighted by atomic mass is 16.5. The number of nitrogens with one attached hydrogen (secondary N) is 1. The van der Waals surface area contributed by atoms with Crippen LogP contribution in [0, 0.1) is 0 Å². The average Bonchev–Trinajstić information content (AvgIpc) is 2.55. The third kappa shape index (κ3) is 2.50. The van der Waals surface area contributed by atoms with E-state index in [1.54, 1.807) is 19.5 Å². The standard InChI is InChI=1S/C16H16N4O/c1-3-18-16-14-7-5-4-6-13(14)15(19-20-16)11-8-12(21-2)10-17-9-11/h4-10H,3H2,1-2H3,(H,18,20). The minimum Gasteiger partial charge on any atom is -0.495 e. The van der Waals surface area contributed by atoms with Gasteiger partial charge in [0.15, 0.2) is 5.82 Å². The van der Waals surface area contributed by atoms with Crippen molar-refractivity contribution in [3.63, 3.8) is 0 Å². The van der Waals surface area contributed by atoms with Crippen molar-refractivity contribution >= 4 is 16.6 Å². The van der Waals surface area contributed by atoms with Gasteiger partial charge in [-0.15, -0.1) is 10.2 Å². The Balaban J connectivity index is 2.21. The first-order valence-corrected chi connectivity index (χ1v) is 6.82. The number of methoxy groups -OCH3 is 1. The van der Waals surface area contributed by atoms with Crippen molar-refractivity contribution in [1.82, 2.24) is 15.2 Å². The monoisotopic (exact) mass is 280 g/mol. The molecule has 0 aliphatic heterocycles. The lowest BCUT2D eigenvalue weighted by atomic mass is 10.1. The fourth-order valence-corrected chi connectivity index (χ4v) is 2.28. The van der Waals surface area contributed by atoms with Crippen molar-refractivity contribution in [1.29, 1.82) is 0 Å². The van der Waals surface area contributed by atoms with Crippen LogP contribution in [-0.2, 0) is 0 Å². The highest BCUT2D eigenvalue weighted by Crippen LogP contribution is 2.30. The van der Waals surface area contributed by atoms with E-state index in [-0.39, 0.29) is 0 Å². The van der Waals surface area contributed by atoms with Crippen LogP contribution in [-0.4, -0.2) is 28.8 Å². The number of rotatable bonds is 4. The first-order chi connectivity index (χ1) is 10.3. The zero-order valence-corrected chi connectivity index (χ0v) is 12.0. The Hall–Kier alpha value is -2.69. The van der Waals surface area contributed by atoms with Crippen LogP contribution in [0.4, 0.5) is 5.82 Å². The lowest BCUT2D eigenvalue weighted by molar-refractivity contribution is 0.413. The van der Waals surface area contributed by atoms with E-state index < -0.39 is 0 Å². The van der Waals surface area contributed by atoms with E-state index in [9.17, 15) is 0 Å². The molecule has 0 saturated carbocycles. The third-order valence-electron chi connectivity index (χ3n) is 3.25. The molecule has 0 spiro atoms. The Kier molecular flexibility index (Phi) is 3.64. The number of hydrogen-bond donors (Lipinski definition) is 1. The van der Waals surface area contributed by atoms with Gasteiger partial charge in [0.1, 0.15) is 11.4 Å². The SMILES string of the molecule is CCNc1nnc(-c2cncc(OC)c2)c2ccccc12. The Morgan fingerprint density at radius 1 is 1.10 bits per heavy atom. The van der Waals surface area contributed by atoms with Crippen LogP contribution in [0.15, 0.2) is 42.7 Å². The van der Waals surface area contributed by atoms with Gasteiger partial charge >= 0.3 is 0 Å². The van der Waals surface area contributed by atoms with E-state index >= 15 is 0 Å². The molecule has 0 radical (unpaired) electrons. The number of anilines is 1. The Labute approximate surface area is 123 Å². The fraction of sp³-hybridized carbons (Fsp3) is 0.188. The zero-order valence-electron chi connectivity index (χ0n) is 12.0. The van der Waals surface area contributed by atoms with Gasteiger partial charge in [-0.05, 0) is 13.0 Å². The summed E-state index contributed by atoms with van der Waals surface area (Å²) in [5, 5.41) is 14.0. The summed E-state index contributed by atoms with van der Waals surface area (Å²) >= 11 is 0. The van der Waals surface area contributed by atoms with Crippen LogP contribution < -0.4 is 10.1 Å². The topological polar surface area (TPSA) is 59.9 Å². The summed E-state index contributed by atoms with van der Waals surface area (Å²) in [5.41, 5.74) is 1.69. The van der Waals surface area contributed by atoms with E-state index in [0.29, 0.717) is 5.75 Å². The van der Waals surface area contributed by atoms with Crippen molar-refractivity contribution in [2.24, 2.45) is 0 Å². The van der Waals surface area contributed by atoms with Crippen molar-refractivity contribution in [2.75, 3.05) is 19.0 Å². The van der Waals surface area contributed by atoms with Crippen molar-refractivity contribution in [3.8, 4) is 17.0 Å². The molecule has 0 unspecified atom stereocenters. The largest absolute Gasteiger partial charge is 0.495 e. The highest BCUT2D eigenvalue weighted by molar-refractivity contribution is 5.99. The molecule has 0 bridgehead atoms. The molecule has 21 heavy (non-hydrogen) atoms. The Morgan fingerprint density at radius 2 is 1.90 bits per heavy atom. The van der Waals surface area contributed by atoms with Crippen LogP contribution in [0.5, 0.6) is 5.75 Å². The summed E-state index contributed by atoms with van der Waals surface area (Å²) in [6.45, 7) is 2.84. The van der Waals surface area contributed by atoms with E-state index in [1.165, 1.54) is 0 Å². The number of pyridine rings is 1. The van der Waals surface area contributed by atoms with Crippen molar-refractivity contribution in [3.05, 3.63) is 42.7 Å². The van der Waals surface area contributed by atoms with Gasteiger partial charge in [0.05, 0.1) is 13.3 Å². The molecule has 0 aliphatic rings. The molecule has 1 aromatic carbocycles. The van der Waals surface area contributed by atoms with Gasteiger partial charge in [0.2, 0.25) is 0 Å². The lowest BCUT2D eigenvalue weighted by Crippen LogP contribution is -2.02. The third-order valence-corrected chi connectivity index (χ3v) is 3.25. The lowest BCUT2D eigenvalue weighted by Gasteiger charge is -2.10.